The van der Waals surface area contributed by atoms with Gasteiger partial charge < -0.3 is 14.9 Å². The van der Waals surface area contributed by atoms with Crippen molar-refractivity contribution in [1.29, 1.82) is 0 Å². The van der Waals surface area contributed by atoms with Crippen molar-refractivity contribution in [2.75, 3.05) is 0 Å². The zero-order chi connectivity index (χ0) is 17.5. The quantitative estimate of drug-likeness (QED) is 0.646. The van der Waals surface area contributed by atoms with Crippen LogP contribution in [0.5, 0.6) is 17.2 Å². The highest BCUT2D eigenvalue weighted by Crippen LogP contribution is 2.36. The van der Waals surface area contributed by atoms with Crippen LogP contribution in [0, 0.1) is 0 Å². The fourth-order valence-electron chi connectivity index (χ4n) is 2.56. The second-order valence-corrected chi connectivity index (χ2v) is 5.29. The van der Waals surface area contributed by atoms with E-state index in [4.69, 9.17) is 0 Å². The standard InChI is InChI=1S/C17H11F3O4/c18-17(19,20)24-12-3-1-2-9(5-12)4-11-6-10-7-14(21)15(22)8-13(10)16(11)23/h1-5,7-8,21-22H,6H2/b11-4+. The predicted octanol–water partition coefficient (Wildman–Crippen LogP) is 3.82. The van der Waals surface area contributed by atoms with Gasteiger partial charge in [0.25, 0.3) is 0 Å². The molecular formula is C17H11F3O4. The van der Waals surface area contributed by atoms with Gasteiger partial charge in [0.15, 0.2) is 17.3 Å². The Kier molecular flexibility index (Phi) is 3.71. The van der Waals surface area contributed by atoms with E-state index < -0.39 is 12.1 Å². The molecule has 2 N–H and O–H groups in total. The first kappa shape index (κ1) is 15.9. The molecule has 0 aliphatic heterocycles. The van der Waals surface area contributed by atoms with Crippen LogP contribution in [-0.4, -0.2) is 22.4 Å². The van der Waals surface area contributed by atoms with Crippen molar-refractivity contribution in [2.24, 2.45) is 0 Å². The number of halogens is 3. The van der Waals surface area contributed by atoms with Gasteiger partial charge >= 0.3 is 6.36 Å². The molecule has 7 heteroatoms. The van der Waals surface area contributed by atoms with Crippen LogP contribution >= 0.6 is 0 Å². The minimum absolute atomic E-state index is 0.215. The molecule has 0 heterocycles. The largest absolute Gasteiger partial charge is 0.573 e. The van der Waals surface area contributed by atoms with Gasteiger partial charge in [-0.15, -0.1) is 13.2 Å². The molecule has 1 aliphatic rings. The highest BCUT2D eigenvalue weighted by molar-refractivity contribution is 6.15. The van der Waals surface area contributed by atoms with Crippen LogP contribution in [0.1, 0.15) is 21.5 Å². The third kappa shape index (κ3) is 3.19. The summed E-state index contributed by atoms with van der Waals surface area (Å²) in [6.07, 6.45) is -3.12. The molecule has 0 amide bonds. The molecule has 0 fully saturated rings. The second-order valence-electron chi connectivity index (χ2n) is 5.29. The lowest BCUT2D eigenvalue weighted by Crippen LogP contribution is -2.17. The van der Waals surface area contributed by atoms with E-state index in [9.17, 15) is 28.2 Å². The van der Waals surface area contributed by atoms with E-state index in [1.165, 1.54) is 30.3 Å². The number of ether oxygens (including phenoxy) is 1. The molecule has 24 heavy (non-hydrogen) atoms. The van der Waals surface area contributed by atoms with Gasteiger partial charge in [0.05, 0.1) is 0 Å². The fourth-order valence-corrected chi connectivity index (χ4v) is 2.56. The van der Waals surface area contributed by atoms with Crippen molar-refractivity contribution in [2.45, 2.75) is 12.8 Å². The van der Waals surface area contributed by atoms with Crippen LogP contribution in [0.25, 0.3) is 6.08 Å². The van der Waals surface area contributed by atoms with E-state index in [1.54, 1.807) is 6.07 Å². The first-order valence-electron chi connectivity index (χ1n) is 6.89. The van der Waals surface area contributed by atoms with E-state index in [1.807, 2.05) is 0 Å². The van der Waals surface area contributed by atoms with Gasteiger partial charge in [-0.1, -0.05) is 12.1 Å². The molecule has 1 aliphatic carbocycles. The molecule has 0 saturated carbocycles. The third-order valence-corrected chi connectivity index (χ3v) is 3.55. The minimum atomic E-state index is -4.79. The second kappa shape index (κ2) is 5.59. The number of fused-ring (bicyclic) bond motifs is 1. The van der Waals surface area contributed by atoms with Gasteiger partial charge in [-0.05, 0) is 41.5 Å². The van der Waals surface area contributed by atoms with Gasteiger partial charge in [-0.3, -0.25) is 4.79 Å². The van der Waals surface area contributed by atoms with E-state index in [2.05, 4.69) is 4.74 Å². The monoisotopic (exact) mass is 336 g/mol. The summed E-state index contributed by atoms with van der Waals surface area (Å²) in [7, 11) is 0. The molecule has 4 nitrogen and oxygen atoms in total. The highest BCUT2D eigenvalue weighted by atomic mass is 19.4. The van der Waals surface area contributed by atoms with Crippen molar-refractivity contribution in [1.82, 2.24) is 0 Å². The molecule has 2 aromatic rings. The van der Waals surface area contributed by atoms with E-state index in [0.717, 1.165) is 6.07 Å². The number of hydrogen-bond donors (Lipinski definition) is 2. The Bertz CT molecular complexity index is 853. The first-order chi connectivity index (χ1) is 11.2. The Balaban J connectivity index is 1.91. The zero-order valence-electron chi connectivity index (χ0n) is 12.1. The van der Waals surface area contributed by atoms with Gasteiger partial charge in [-0.2, -0.15) is 0 Å². The molecule has 3 rings (SSSR count). The maximum absolute atomic E-state index is 12.3. The van der Waals surface area contributed by atoms with Crippen LogP contribution in [0.3, 0.4) is 0 Å². The summed E-state index contributed by atoms with van der Waals surface area (Å²) in [6.45, 7) is 0. The number of ketones is 1. The number of benzene rings is 2. The lowest BCUT2D eigenvalue weighted by molar-refractivity contribution is -0.274. The number of aromatic hydroxyl groups is 2. The molecule has 0 bridgehead atoms. The third-order valence-electron chi connectivity index (χ3n) is 3.55. The molecule has 0 spiro atoms. The number of hydrogen-bond acceptors (Lipinski definition) is 4. The smallest absolute Gasteiger partial charge is 0.504 e. The average molecular weight is 336 g/mol. The van der Waals surface area contributed by atoms with Gasteiger partial charge in [0, 0.05) is 17.6 Å². The van der Waals surface area contributed by atoms with Gasteiger partial charge in [0.1, 0.15) is 5.75 Å². The van der Waals surface area contributed by atoms with Crippen LogP contribution in [0.4, 0.5) is 13.2 Å². The number of allylic oxidation sites excluding steroid dienone is 1. The lowest BCUT2D eigenvalue weighted by Gasteiger charge is -2.09. The SMILES string of the molecule is O=C1/C(=C/c2cccc(OC(F)(F)F)c2)Cc2cc(O)c(O)cc21. The number of phenols is 2. The number of carbonyl (C=O) groups excluding carboxylic acids is 1. The maximum Gasteiger partial charge on any atom is 0.573 e. The topological polar surface area (TPSA) is 66.8 Å². The van der Waals surface area contributed by atoms with Crippen LogP contribution in [-0.2, 0) is 6.42 Å². The Labute approximate surface area is 134 Å². The molecule has 0 radical (unpaired) electrons. The average Bonchev–Trinajstić information content (AvgIpc) is 2.75. The lowest BCUT2D eigenvalue weighted by atomic mass is 10.1. The summed E-state index contributed by atoms with van der Waals surface area (Å²) in [5.41, 5.74) is 1.53. The predicted molar refractivity (Wildman–Crippen MR) is 78.9 cm³/mol. The molecule has 124 valence electrons. The Morgan fingerprint density at radius 1 is 1.08 bits per heavy atom. The summed E-state index contributed by atoms with van der Waals surface area (Å²) in [4.78, 5) is 12.3. The molecule has 0 aromatic heterocycles. The molecular weight excluding hydrogens is 325 g/mol. The van der Waals surface area contributed by atoms with Crippen LogP contribution in [0.2, 0.25) is 0 Å². The highest BCUT2D eigenvalue weighted by Gasteiger charge is 2.31. The Hall–Kier alpha value is -2.96. The first-order valence-corrected chi connectivity index (χ1v) is 6.89. The summed E-state index contributed by atoms with van der Waals surface area (Å²) < 4.78 is 40.6. The number of Topliss-reactive ketones (excluding diaryl/α,β-unsaturated/α-hetero) is 1. The zero-order valence-corrected chi connectivity index (χ0v) is 12.1. The maximum atomic E-state index is 12.3. The van der Waals surface area contributed by atoms with E-state index in [-0.39, 0.29) is 29.3 Å². The van der Waals surface area contributed by atoms with Crippen molar-refractivity contribution in [3.8, 4) is 17.2 Å². The van der Waals surface area contributed by atoms with Gasteiger partial charge in [-0.25, -0.2) is 0 Å². The number of alkyl halides is 3. The fraction of sp³-hybridized carbons (Fsp3) is 0.118. The summed E-state index contributed by atoms with van der Waals surface area (Å²) in [6, 6.07) is 7.74. The molecule has 0 atom stereocenters. The van der Waals surface area contributed by atoms with Gasteiger partial charge in [0.2, 0.25) is 0 Å². The molecule has 2 aromatic carbocycles. The molecule has 0 unspecified atom stereocenters. The van der Waals surface area contributed by atoms with Crippen molar-refractivity contribution in [3.05, 3.63) is 58.7 Å². The number of phenolic OH excluding ortho intramolecular Hbond substituents is 2. The summed E-state index contributed by atoms with van der Waals surface area (Å²) in [5.74, 6) is -1.45. The van der Waals surface area contributed by atoms with Crippen molar-refractivity contribution < 1.29 is 32.9 Å². The summed E-state index contributed by atoms with van der Waals surface area (Å²) in [5, 5.41) is 19.0. The Morgan fingerprint density at radius 2 is 1.79 bits per heavy atom. The van der Waals surface area contributed by atoms with Crippen molar-refractivity contribution in [3.63, 3.8) is 0 Å². The van der Waals surface area contributed by atoms with E-state index in [0.29, 0.717) is 16.7 Å². The normalized spacial score (nSPS) is 15.6. The van der Waals surface area contributed by atoms with E-state index >= 15 is 0 Å². The van der Waals surface area contributed by atoms with Crippen LogP contribution in [0.15, 0.2) is 42.0 Å². The number of rotatable bonds is 2. The molecule has 0 saturated heterocycles. The number of carbonyl (C=O) groups is 1. The van der Waals surface area contributed by atoms with Crippen molar-refractivity contribution >= 4 is 11.9 Å². The van der Waals surface area contributed by atoms with Crippen LogP contribution < -0.4 is 4.74 Å². The summed E-state index contributed by atoms with van der Waals surface area (Å²) >= 11 is 0. The Morgan fingerprint density at radius 3 is 2.50 bits per heavy atom. The minimum Gasteiger partial charge on any atom is -0.504 e.